The molecule has 0 atom stereocenters. The lowest BCUT2D eigenvalue weighted by atomic mass is 10.3. The van der Waals surface area contributed by atoms with Gasteiger partial charge in [0.25, 0.3) is 0 Å². The number of nitrogens with zero attached hydrogens (tertiary/aromatic N) is 2. The van der Waals surface area contributed by atoms with E-state index in [2.05, 4.69) is 10.3 Å². The van der Waals surface area contributed by atoms with E-state index in [0.717, 1.165) is 25.9 Å². The highest BCUT2D eigenvalue weighted by molar-refractivity contribution is 5.76. The van der Waals surface area contributed by atoms with Crippen molar-refractivity contribution in [1.29, 1.82) is 0 Å². The van der Waals surface area contributed by atoms with Crippen LogP contribution < -0.4 is 11.1 Å². The van der Waals surface area contributed by atoms with E-state index in [9.17, 15) is 13.6 Å². The van der Waals surface area contributed by atoms with E-state index in [0.29, 0.717) is 6.07 Å². The normalized spacial score (nSPS) is 14.7. The van der Waals surface area contributed by atoms with E-state index in [1.807, 2.05) is 0 Å². The number of aromatic nitrogens is 1. The zero-order valence-electron chi connectivity index (χ0n) is 10.5. The molecule has 0 saturated carbocycles. The molecule has 0 radical (unpaired) electrons. The molecular weight excluding hydrogens is 254 g/mol. The van der Waals surface area contributed by atoms with E-state index in [1.54, 1.807) is 4.90 Å². The number of hydrogen-bond donors (Lipinski definition) is 2. The minimum absolute atomic E-state index is 0.0282. The Hall–Kier alpha value is -1.92. The summed E-state index contributed by atoms with van der Waals surface area (Å²) in [7, 11) is 0. The fourth-order valence-corrected chi connectivity index (χ4v) is 2.02. The van der Waals surface area contributed by atoms with Gasteiger partial charge in [0.1, 0.15) is 0 Å². The minimum atomic E-state index is -0.892. The Balaban J connectivity index is 1.85. The number of nitrogen functional groups attached to an aromatic ring is 1. The number of nitrogens with two attached hydrogens (primary N) is 1. The predicted octanol–water partition coefficient (Wildman–Crippen LogP) is 1.37. The third kappa shape index (κ3) is 3.30. The number of anilines is 2. The number of pyridine rings is 1. The van der Waals surface area contributed by atoms with E-state index >= 15 is 0 Å². The molecule has 2 rings (SSSR count). The van der Waals surface area contributed by atoms with Crippen molar-refractivity contribution in [3.8, 4) is 0 Å². The second kappa shape index (κ2) is 5.81. The molecule has 0 bridgehead atoms. The minimum Gasteiger partial charge on any atom is -0.381 e. The summed E-state index contributed by atoms with van der Waals surface area (Å²) in [5.74, 6) is -2.18. The molecule has 1 saturated heterocycles. The zero-order valence-corrected chi connectivity index (χ0v) is 10.5. The van der Waals surface area contributed by atoms with Crippen LogP contribution in [0.25, 0.3) is 0 Å². The summed E-state index contributed by atoms with van der Waals surface area (Å²) in [5.41, 5.74) is 5.25. The van der Waals surface area contributed by atoms with Gasteiger partial charge in [0, 0.05) is 32.1 Å². The van der Waals surface area contributed by atoms with Gasteiger partial charge in [-0.15, -0.1) is 0 Å². The number of likely N-dealkylation sites (tertiary alicyclic amines) is 1. The van der Waals surface area contributed by atoms with Crippen LogP contribution in [0.5, 0.6) is 0 Å². The van der Waals surface area contributed by atoms with Crippen LogP contribution in [0.15, 0.2) is 6.07 Å². The standard InChI is InChI=1S/C12H16F2N4O/c13-8-7-9(14)12(17-11(8)15)16-4-3-10(19)18-5-1-2-6-18/h7H,1-6H2,(H3,15,16,17). The molecule has 0 spiro atoms. The molecule has 0 aromatic carbocycles. The molecular formula is C12H16F2N4O. The fraction of sp³-hybridized carbons (Fsp3) is 0.500. The molecule has 7 heteroatoms. The van der Waals surface area contributed by atoms with Crippen LogP contribution in [0.4, 0.5) is 20.4 Å². The van der Waals surface area contributed by atoms with Gasteiger partial charge in [0.15, 0.2) is 23.3 Å². The Kier molecular flexibility index (Phi) is 4.13. The molecule has 1 aliphatic rings. The molecule has 0 aliphatic carbocycles. The summed E-state index contributed by atoms with van der Waals surface area (Å²) in [6.07, 6.45) is 2.31. The van der Waals surface area contributed by atoms with Gasteiger partial charge in [-0.3, -0.25) is 4.79 Å². The maximum absolute atomic E-state index is 13.3. The van der Waals surface area contributed by atoms with Crippen LogP contribution in [0.1, 0.15) is 19.3 Å². The molecule has 1 aromatic rings. The maximum atomic E-state index is 13.3. The van der Waals surface area contributed by atoms with Gasteiger partial charge in [-0.2, -0.15) is 0 Å². The van der Waals surface area contributed by atoms with Crippen LogP contribution in [0.2, 0.25) is 0 Å². The summed E-state index contributed by atoms with van der Waals surface area (Å²) in [6.45, 7) is 1.81. The lowest BCUT2D eigenvalue weighted by Gasteiger charge is -2.15. The van der Waals surface area contributed by atoms with Crippen molar-refractivity contribution < 1.29 is 13.6 Å². The van der Waals surface area contributed by atoms with E-state index < -0.39 is 11.6 Å². The zero-order chi connectivity index (χ0) is 13.8. The third-order valence-corrected chi connectivity index (χ3v) is 3.05. The fourth-order valence-electron chi connectivity index (χ4n) is 2.02. The highest BCUT2D eigenvalue weighted by Crippen LogP contribution is 2.16. The molecule has 1 aromatic heterocycles. The quantitative estimate of drug-likeness (QED) is 0.866. The van der Waals surface area contributed by atoms with Crippen LogP contribution in [-0.2, 0) is 4.79 Å². The van der Waals surface area contributed by atoms with Gasteiger partial charge < -0.3 is 16.0 Å². The van der Waals surface area contributed by atoms with Crippen LogP contribution in [0.3, 0.4) is 0 Å². The molecule has 5 nitrogen and oxygen atoms in total. The molecule has 1 fully saturated rings. The molecule has 3 N–H and O–H groups in total. The maximum Gasteiger partial charge on any atom is 0.224 e. The Morgan fingerprint density at radius 1 is 1.37 bits per heavy atom. The summed E-state index contributed by atoms with van der Waals surface area (Å²) < 4.78 is 26.2. The summed E-state index contributed by atoms with van der Waals surface area (Å²) in [5, 5.41) is 2.66. The van der Waals surface area contributed by atoms with E-state index in [4.69, 9.17) is 5.73 Å². The second-order valence-electron chi connectivity index (χ2n) is 4.45. The van der Waals surface area contributed by atoms with Crippen molar-refractivity contribution in [2.75, 3.05) is 30.7 Å². The first-order valence-corrected chi connectivity index (χ1v) is 6.21. The molecule has 104 valence electrons. The van der Waals surface area contributed by atoms with Crippen LogP contribution in [-0.4, -0.2) is 35.4 Å². The molecule has 1 amide bonds. The van der Waals surface area contributed by atoms with Crippen LogP contribution in [0, 0.1) is 11.6 Å². The first-order chi connectivity index (χ1) is 9.08. The number of halogens is 2. The molecule has 0 unspecified atom stereocenters. The third-order valence-electron chi connectivity index (χ3n) is 3.05. The van der Waals surface area contributed by atoms with Gasteiger partial charge in [-0.1, -0.05) is 0 Å². The predicted molar refractivity (Wildman–Crippen MR) is 67.5 cm³/mol. The number of carbonyl (C=O) groups excluding carboxylic acids is 1. The van der Waals surface area contributed by atoms with Crippen molar-refractivity contribution in [2.24, 2.45) is 0 Å². The van der Waals surface area contributed by atoms with E-state index in [1.165, 1.54) is 0 Å². The van der Waals surface area contributed by atoms with Gasteiger partial charge in [0.05, 0.1) is 0 Å². The van der Waals surface area contributed by atoms with Crippen molar-refractivity contribution in [1.82, 2.24) is 9.88 Å². The number of carbonyl (C=O) groups is 1. The van der Waals surface area contributed by atoms with Crippen molar-refractivity contribution in [3.63, 3.8) is 0 Å². The van der Waals surface area contributed by atoms with Crippen molar-refractivity contribution in [2.45, 2.75) is 19.3 Å². The summed E-state index contributed by atoms with van der Waals surface area (Å²) >= 11 is 0. The largest absolute Gasteiger partial charge is 0.381 e. The number of nitrogens with one attached hydrogen (secondary N) is 1. The highest BCUT2D eigenvalue weighted by atomic mass is 19.1. The molecule has 2 heterocycles. The van der Waals surface area contributed by atoms with Crippen LogP contribution >= 0.6 is 0 Å². The first kappa shape index (κ1) is 13.5. The second-order valence-corrected chi connectivity index (χ2v) is 4.45. The number of rotatable bonds is 4. The lowest BCUT2D eigenvalue weighted by Crippen LogP contribution is -2.29. The SMILES string of the molecule is Nc1nc(NCCC(=O)N2CCCC2)c(F)cc1F. The monoisotopic (exact) mass is 270 g/mol. The van der Waals surface area contributed by atoms with Gasteiger partial charge in [0.2, 0.25) is 5.91 Å². The van der Waals surface area contributed by atoms with Gasteiger partial charge in [-0.05, 0) is 12.8 Å². The molecule has 19 heavy (non-hydrogen) atoms. The Morgan fingerprint density at radius 3 is 2.74 bits per heavy atom. The average Bonchev–Trinajstić information content (AvgIpc) is 2.89. The van der Waals surface area contributed by atoms with Gasteiger partial charge in [-0.25, -0.2) is 13.8 Å². The lowest BCUT2D eigenvalue weighted by molar-refractivity contribution is -0.129. The summed E-state index contributed by atoms with van der Waals surface area (Å²) in [4.78, 5) is 17.1. The number of amides is 1. The summed E-state index contributed by atoms with van der Waals surface area (Å²) in [6, 6.07) is 0.674. The topological polar surface area (TPSA) is 71.2 Å². The van der Waals surface area contributed by atoms with Crippen molar-refractivity contribution >= 4 is 17.5 Å². The molecule has 1 aliphatic heterocycles. The highest BCUT2D eigenvalue weighted by Gasteiger charge is 2.17. The smallest absolute Gasteiger partial charge is 0.224 e. The Labute approximate surface area is 109 Å². The first-order valence-electron chi connectivity index (χ1n) is 6.21. The Morgan fingerprint density at radius 2 is 2.05 bits per heavy atom. The number of hydrogen-bond acceptors (Lipinski definition) is 4. The Bertz CT molecular complexity index is 475. The van der Waals surface area contributed by atoms with E-state index in [-0.39, 0.29) is 30.5 Å². The van der Waals surface area contributed by atoms with Crippen molar-refractivity contribution in [3.05, 3.63) is 17.7 Å². The van der Waals surface area contributed by atoms with Gasteiger partial charge >= 0.3 is 0 Å². The average molecular weight is 270 g/mol.